The van der Waals surface area contributed by atoms with Crippen molar-refractivity contribution in [2.75, 3.05) is 32.0 Å². The van der Waals surface area contributed by atoms with E-state index in [1.807, 2.05) is 0 Å². The Morgan fingerprint density at radius 1 is 1.26 bits per heavy atom. The number of unbranched alkanes of at least 4 members (excludes halogenated alkanes) is 1. The highest BCUT2D eigenvalue weighted by Crippen LogP contribution is 2.20. The van der Waals surface area contributed by atoms with E-state index in [9.17, 15) is 0 Å². The molecule has 2 rings (SSSR count). The first-order chi connectivity index (χ1) is 11.0. The topological polar surface area (TPSA) is 19.7 Å². The van der Waals surface area contributed by atoms with Crippen LogP contribution in [-0.4, -0.2) is 42.7 Å². The maximum Gasteiger partial charge on any atom is 0.173 e. The van der Waals surface area contributed by atoms with Crippen molar-refractivity contribution in [1.29, 1.82) is 0 Å². The van der Waals surface area contributed by atoms with Gasteiger partial charge in [-0.3, -0.25) is 0 Å². The number of anilines is 1. The second-order valence-corrected chi connectivity index (χ2v) is 7.29. The van der Waals surface area contributed by atoms with Gasteiger partial charge in [0.25, 0.3) is 0 Å². The number of rotatable bonds is 5. The van der Waals surface area contributed by atoms with Gasteiger partial charge in [-0.15, -0.1) is 0 Å². The van der Waals surface area contributed by atoms with E-state index in [0.717, 1.165) is 24.2 Å². The second kappa shape index (κ2) is 8.65. The lowest BCUT2D eigenvalue weighted by Crippen LogP contribution is -3.13. The minimum Gasteiger partial charge on any atom is -0.349 e. The Hall–Kier alpha value is -1.13. The van der Waals surface area contributed by atoms with Crippen LogP contribution >= 0.6 is 12.2 Å². The first-order valence-corrected chi connectivity index (χ1v) is 9.38. The fourth-order valence-electron chi connectivity index (χ4n) is 3.43. The standard InChI is InChI=1S/C19H31N3S/c1-5-6-12-21(4)17-10-13-22(14-11-17)19(23)20-18-15(2)8-7-9-16(18)3/h7-9,17H,5-6,10-14H2,1-4H3,(H,20,23)/p+1. The van der Waals surface area contributed by atoms with Gasteiger partial charge in [-0.05, 0) is 43.6 Å². The molecule has 1 aliphatic heterocycles. The van der Waals surface area contributed by atoms with Crippen molar-refractivity contribution >= 4 is 23.0 Å². The third-order valence-corrected chi connectivity index (χ3v) is 5.48. The zero-order chi connectivity index (χ0) is 16.8. The highest BCUT2D eigenvalue weighted by atomic mass is 32.1. The van der Waals surface area contributed by atoms with Crippen LogP contribution in [0.25, 0.3) is 0 Å². The van der Waals surface area contributed by atoms with E-state index in [4.69, 9.17) is 12.2 Å². The zero-order valence-electron chi connectivity index (χ0n) is 15.1. The molecule has 0 amide bonds. The molecule has 0 aromatic heterocycles. The minimum absolute atomic E-state index is 0.792. The SMILES string of the molecule is CCCC[NH+](C)C1CCN(C(=S)Nc2c(C)cccc2C)CC1. The molecule has 4 heteroatoms. The molecule has 1 saturated heterocycles. The van der Waals surface area contributed by atoms with E-state index in [1.165, 1.54) is 49.0 Å². The summed E-state index contributed by atoms with van der Waals surface area (Å²) in [7, 11) is 2.35. The molecule has 0 radical (unpaired) electrons. The van der Waals surface area contributed by atoms with E-state index >= 15 is 0 Å². The summed E-state index contributed by atoms with van der Waals surface area (Å²) >= 11 is 5.66. The Morgan fingerprint density at radius 2 is 1.87 bits per heavy atom. The van der Waals surface area contributed by atoms with Crippen molar-refractivity contribution in [3.63, 3.8) is 0 Å². The highest BCUT2D eigenvalue weighted by molar-refractivity contribution is 7.80. The van der Waals surface area contributed by atoms with Gasteiger partial charge < -0.3 is 15.1 Å². The molecule has 23 heavy (non-hydrogen) atoms. The van der Waals surface area contributed by atoms with Crippen LogP contribution in [0, 0.1) is 13.8 Å². The molecule has 1 atom stereocenters. The summed E-state index contributed by atoms with van der Waals surface area (Å²) in [5.41, 5.74) is 3.68. The maximum atomic E-state index is 5.66. The molecule has 128 valence electrons. The maximum absolute atomic E-state index is 5.66. The average molecular weight is 335 g/mol. The van der Waals surface area contributed by atoms with Gasteiger partial charge >= 0.3 is 0 Å². The second-order valence-electron chi connectivity index (χ2n) is 6.91. The first kappa shape index (κ1) is 18.2. The molecule has 1 aromatic rings. The lowest BCUT2D eigenvalue weighted by Gasteiger charge is -2.36. The number of hydrogen-bond donors (Lipinski definition) is 2. The molecule has 2 N–H and O–H groups in total. The summed E-state index contributed by atoms with van der Waals surface area (Å²) in [6.45, 7) is 9.99. The lowest BCUT2D eigenvalue weighted by molar-refractivity contribution is -0.907. The third kappa shape index (κ3) is 4.92. The molecule has 1 aromatic carbocycles. The largest absolute Gasteiger partial charge is 0.349 e. The fourth-order valence-corrected chi connectivity index (χ4v) is 3.72. The van der Waals surface area contributed by atoms with E-state index in [1.54, 1.807) is 4.90 Å². The van der Waals surface area contributed by atoms with Crippen LogP contribution in [0.15, 0.2) is 18.2 Å². The average Bonchev–Trinajstić information content (AvgIpc) is 2.56. The lowest BCUT2D eigenvalue weighted by atomic mass is 10.0. The third-order valence-electron chi connectivity index (χ3n) is 5.12. The molecule has 0 saturated carbocycles. The number of hydrogen-bond acceptors (Lipinski definition) is 1. The molecule has 0 bridgehead atoms. The van der Waals surface area contributed by atoms with Gasteiger partial charge in [0.15, 0.2) is 5.11 Å². The molecule has 0 aliphatic carbocycles. The predicted octanol–water partition coefficient (Wildman–Crippen LogP) is 2.78. The summed E-state index contributed by atoms with van der Waals surface area (Å²) in [6.07, 6.45) is 5.10. The van der Waals surface area contributed by atoms with Crippen LogP contribution in [0.5, 0.6) is 0 Å². The first-order valence-electron chi connectivity index (χ1n) is 8.97. The van der Waals surface area contributed by atoms with Gasteiger partial charge in [-0.1, -0.05) is 31.5 Å². The summed E-state index contributed by atoms with van der Waals surface area (Å²) in [5, 5.41) is 4.36. The van der Waals surface area contributed by atoms with E-state index in [2.05, 4.69) is 56.2 Å². The number of quaternary nitrogens is 1. The van der Waals surface area contributed by atoms with Gasteiger partial charge in [0.2, 0.25) is 0 Å². The van der Waals surface area contributed by atoms with Gasteiger partial charge in [0.05, 0.1) is 19.6 Å². The summed E-state index contributed by atoms with van der Waals surface area (Å²) < 4.78 is 0. The monoisotopic (exact) mass is 334 g/mol. The molecule has 1 unspecified atom stereocenters. The van der Waals surface area contributed by atoms with Gasteiger partial charge in [-0.2, -0.15) is 0 Å². The predicted molar refractivity (Wildman–Crippen MR) is 103 cm³/mol. The Morgan fingerprint density at radius 3 is 2.43 bits per heavy atom. The number of nitrogens with zero attached hydrogens (tertiary/aromatic N) is 1. The Labute approximate surface area is 147 Å². The van der Waals surface area contributed by atoms with Crippen molar-refractivity contribution < 1.29 is 4.90 Å². The van der Waals surface area contributed by atoms with Crippen LogP contribution in [0.3, 0.4) is 0 Å². The van der Waals surface area contributed by atoms with E-state index in [0.29, 0.717) is 0 Å². The summed E-state index contributed by atoms with van der Waals surface area (Å²) in [4.78, 5) is 4.03. The zero-order valence-corrected chi connectivity index (χ0v) is 15.9. The van der Waals surface area contributed by atoms with Gasteiger partial charge in [0, 0.05) is 31.6 Å². The molecule has 1 fully saturated rings. The molecule has 3 nitrogen and oxygen atoms in total. The number of thiocarbonyl (C=S) groups is 1. The molecule has 1 heterocycles. The number of nitrogens with one attached hydrogen (secondary N) is 2. The van der Waals surface area contributed by atoms with Crippen LogP contribution in [0.2, 0.25) is 0 Å². The Bertz CT molecular complexity index is 501. The number of para-hydroxylation sites is 1. The van der Waals surface area contributed by atoms with Crippen LogP contribution < -0.4 is 10.2 Å². The van der Waals surface area contributed by atoms with E-state index < -0.39 is 0 Å². The highest BCUT2D eigenvalue weighted by Gasteiger charge is 2.26. The molecular formula is C19H32N3S+. The van der Waals surface area contributed by atoms with Gasteiger partial charge in [0.1, 0.15) is 0 Å². The smallest absolute Gasteiger partial charge is 0.173 e. The van der Waals surface area contributed by atoms with Crippen LogP contribution in [0.4, 0.5) is 5.69 Å². The number of likely N-dealkylation sites (tertiary alicyclic amines) is 1. The quantitative estimate of drug-likeness (QED) is 0.808. The Balaban J connectivity index is 1.86. The minimum atomic E-state index is 0.792. The van der Waals surface area contributed by atoms with Crippen molar-refractivity contribution in [2.45, 2.75) is 52.5 Å². The van der Waals surface area contributed by atoms with Crippen LogP contribution in [0.1, 0.15) is 43.7 Å². The van der Waals surface area contributed by atoms with Crippen molar-refractivity contribution in [2.24, 2.45) is 0 Å². The summed E-state index contributed by atoms with van der Waals surface area (Å²) in [5.74, 6) is 0. The summed E-state index contributed by atoms with van der Waals surface area (Å²) in [6, 6.07) is 7.16. The van der Waals surface area contributed by atoms with Crippen molar-refractivity contribution in [3.05, 3.63) is 29.3 Å². The molecule has 0 spiro atoms. The molecule has 1 aliphatic rings. The number of benzene rings is 1. The van der Waals surface area contributed by atoms with Crippen molar-refractivity contribution in [3.8, 4) is 0 Å². The number of aryl methyl sites for hydroxylation is 2. The van der Waals surface area contributed by atoms with Crippen LogP contribution in [-0.2, 0) is 0 Å². The normalized spacial score (nSPS) is 17.1. The van der Waals surface area contributed by atoms with Crippen molar-refractivity contribution in [1.82, 2.24) is 4.90 Å². The van der Waals surface area contributed by atoms with E-state index in [-0.39, 0.29) is 0 Å². The molecular weight excluding hydrogens is 302 g/mol. The van der Waals surface area contributed by atoms with Gasteiger partial charge in [-0.25, -0.2) is 0 Å². The number of piperidine rings is 1. The Kier molecular flexibility index (Phi) is 6.85. The fraction of sp³-hybridized carbons (Fsp3) is 0.632.